The van der Waals surface area contributed by atoms with Gasteiger partial charge in [-0.25, -0.2) is 4.98 Å². The van der Waals surface area contributed by atoms with Gasteiger partial charge in [-0.15, -0.1) is 0 Å². The second kappa shape index (κ2) is 2.75. The lowest BCUT2D eigenvalue weighted by Gasteiger charge is -1.97. The molecule has 0 bridgehead atoms. The van der Waals surface area contributed by atoms with E-state index in [2.05, 4.69) is 9.97 Å². The van der Waals surface area contributed by atoms with Crippen LogP contribution in [-0.2, 0) is 17.3 Å². The van der Waals surface area contributed by atoms with Gasteiger partial charge in [0.05, 0.1) is 5.56 Å². The number of carbonyl (C=O) groups excluding carboxylic acids is 1. The number of hydrogen-bond acceptors (Lipinski definition) is 4. The quantitative estimate of drug-likeness (QED) is 0.395. The van der Waals surface area contributed by atoms with E-state index in [4.69, 9.17) is 0 Å². The van der Waals surface area contributed by atoms with Crippen molar-refractivity contribution in [2.24, 2.45) is 0 Å². The SMILES string of the molecule is O=C([O-])[S+]1CCc2cncnc21. The first-order valence-corrected chi connectivity index (χ1v) is 4.89. The highest BCUT2D eigenvalue weighted by Gasteiger charge is 2.35. The van der Waals surface area contributed by atoms with Crippen LogP contribution in [0.25, 0.3) is 0 Å². The molecule has 0 aromatic carbocycles. The molecule has 0 amide bonds. The Morgan fingerprint density at radius 2 is 2.50 bits per heavy atom. The number of nitrogens with zero attached hydrogens (tertiary/aromatic N) is 2. The van der Waals surface area contributed by atoms with Crippen molar-refractivity contribution in [2.45, 2.75) is 11.4 Å². The summed E-state index contributed by atoms with van der Waals surface area (Å²) in [5, 5.41) is 10.3. The highest BCUT2D eigenvalue weighted by atomic mass is 32.2. The number of hydrogen-bond donors (Lipinski definition) is 0. The highest BCUT2D eigenvalue weighted by Crippen LogP contribution is 2.23. The van der Waals surface area contributed by atoms with E-state index in [1.54, 1.807) is 6.20 Å². The topological polar surface area (TPSA) is 65.9 Å². The first-order valence-electron chi connectivity index (χ1n) is 3.50. The van der Waals surface area contributed by atoms with Crippen LogP contribution in [0.2, 0.25) is 0 Å². The van der Waals surface area contributed by atoms with Crippen molar-refractivity contribution in [1.82, 2.24) is 9.97 Å². The van der Waals surface area contributed by atoms with E-state index in [1.165, 1.54) is 6.33 Å². The van der Waals surface area contributed by atoms with Crippen LogP contribution < -0.4 is 5.11 Å². The number of carboxylic acid groups (broad SMARTS) is 1. The summed E-state index contributed by atoms with van der Waals surface area (Å²) in [6, 6.07) is 0. The molecule has 0 spiro atoms. The summed E-state index contributed by atoms with van der Waals surface area (Å²) >= 11 is 0. The Kier molecular flexibility index (Phi) is 1.73. The average Bonchev–Trinajstić information content (AvgIpc) is 2.47. The Morgan fingerprint density at radius 3 is 3.25 bits per heavy atom. The van der Waals surface area contributed by atoms with Gasteiger partial charge in [-0.1, -0.05) is 0 Å². The van der Waals surface area contributed by atoms with Crippen LogP contribution in [-0.4, -0.2) is 21.0 Å². The monoisotopic (exact) mass is 182 g/mol. The lowest BCUT2D eigenvalue weighted by Crippen LogP contribution is -2.30. The number of rotatable bonds is 0. The normalized spacial score (nSPS) is 20.5. The molecule has 2 rings (SSSR count). The molecule has 0 saturated carbocycles. The van der Waals surface area contributed by atoms with Crippen LogP contribution in [0.4, 0.5) is 4.79 Å². The minimum Gasteiger partial charge on any atom is -0.504 e. The molecule has 0 radical (unpaired) electrons. The van der Waals surface area contributed by atoms with E-state index < -0.39 is 16.2 Å². The molecular formula is C7H6N2O2S. The number of aromatic nitrogens is 2. The van der Waals surface area contributed by atoms with Crippen molar-refractivity contribution < 1.29 is 9.90 Å². The van der Waals surface area contributed by atoms with Crippen molar-refractivity contribution >= 4 is 16.2 Å². The summed E-state index contributed by atoms with van der Waals surface area (Å²) in [5.41, 5.74) is 0.949. The molecule has 0 fully saturated rings. The predicted octanol–water partition coefficient (Wildman–Crippen LogP) is -0.647. The van der Waals surface area contributed by atoms with Crippen molar-refractivity contribution in [3.63, 3.8) is 0 Å². The lowest BCUT2D eigenvalue weighted by atomic mass is 10.3. The van der Waals surface area contributed by atoms with Crippen LogP contribution in [0.15, 0.2) is 17.6 Å². The summed E-state index contributed by atoms with van der Waals surface area (Å²) in [6.45, 7) is 0. The van der Waals surface area contributed by atoms with E-state index >= 15 is 0 Å². The molecule has 1 atom stereocenters. The summed E-state index contributed by atoms with van der Waals surface area (Å²) in [4.78, 5) is 18.4. The van der Waals surface area contributed by atoms with Crippen molar-refractivity contribution in [1.29, 1.82) is 0 Å². The Bertz CT molecular complexity index is 329. The molecule has 1 aliphatic rings. The third-order valence-corrected chi connectivity index (χ3v) is 3.61. The van der Waals surface area contributed by atoms with Crippen LogP contribution in [0.5, 0.6) is 0 Å². The molecule has 5 heteroatoms. The summed E-state index contributed by atoms with van der Waals surface area (Å²) < 4.78 is 0. The van der Waals surface area contributed by atoms with Crippen LogP contribution in [0, 0.1) is 0 Å². The average molecular weight is 182 g/mol. The Balaban J connectivity index is 2.42. The number of aryl methyl sites for hydroxylation is 1. The van der Waals surface area contributed by atoms with Crippen LogP contribution in [0.1, 0.15) is 5.56 Å². The third-order valence-electron chi connectivity index (χ3n) is 1.76. The van der Waals surface area contributed by atoms with Crippen LogP contribution in [0.3, 0.4) is 0 Å². The molecule has 1 aliphatic heterocycles. The van der Waals surface area contributed by atoms with Gasteiger partial charge >= 0.3 is 0 Å². The number of fused-ring (bicyclic) bond motifs is 1. The third kappa shape index (κ3) is 1.06. The zero-order chi connectivity index (χ0) is 8.55. The largest absolute Gasteiger partial charge is 0.504 e. The van der Waals surface area contributed by atoms with E-state index in [0.29, 0.717) is 10.8 Å². The van der Waals surface area contributed by atoms with Gasteiger partial charge in [-0.3, -0.25) is 0 Å². The smallest absolute Gasteiger partial charge is 0.280 e. The van der Waals surface area contributed by atoms with E-state index in [-0.39, 0.29) is 0 Å². The van der Waals surface area contributed by atoms with Crippen molar-refractivity contribution in [3.8, 4) is 0 Å². The van der Waals surface area contributed by atoms with Gasteiger partial charge in [0.2, 0.25) is 0 Å². The fourth-order valence-electron chi connectivity index (χ4n) is 1.21. The van der Waals surface area contributed by atoms with Gasteiger partial charge in [0, 0.05) is 12.6 Å². The molecule has 2 heterocycles. The van der Waals surface area contributed by atoms with E-state index in [1.807, 2.05) is 0 Å². The van der Waals surface area contributed by atoms with Gasteiger partial charge < -0.3 is 9.90 Å². The second-order valence-corrected chi connectivity index (χ2v) is 4.36. The molecule has 62 valence electrons. The van der Waals surface area contributed by atoms with Crippen molar-refractivity contribution in [2.75, 3.05) is 5.75 Å². The molecule has 0 saturated heterocycles. The first-order chi connectivity index (χ1) is 5.79. The molecule has 1 aromatic heterocycles. The maximum Gasteiger partial charge on any atom is 0.280 e. The fourth-order valence-corrected chi connectivity index (χ4v) is 2.80. The van der Waals surface area contributed by atoms with Gasteiger partial charge in [0.25, 0.3) is 10.3 Å². The summed E-state index contributed by atoms with van der Waals surface area (Å²) in [5.74, 6) is 0.621. The molecule has 4 nitrogen and oxygen atoms in total. The lowest BCUT2D eigenvalue weighted by molar-refractivity contribution is -0.233. The summed E-state index contributed by atoms with van der Waals surface area (Å²) in [7, 11) is -0.800. The maximum absolute atomic E-state index is 10.6. The standard InChI is InChI=1S/C7H6N2O2S/c10-7(11)12-2-1-5-3-8-4-9-6(5)12/h3-4H,1-2H2. The second-order valence-electron chi connectivity index (χ2n) is 2.45. The number of carbonyl (C=O) groups is 1. The van der Waals surface area contributed by atoms with Gasteiger partial charge in [0.15, 0.2) is 0 Å². The van der Waals surface area contributed by atoms with Gasteiger partial charge in [-0.05, 0) is 0 Å². The summed E-state index contributed by atoms with van der Waals surface area (Å²) in [6.07, 6.45) is 3.82. The van der Waals surface area contributed by atoms with Gasteiger partial charge in [-0.2, -0.15) is 4.98 Å². The first kappa shape index (κ1) is 7.54. The van der Waals surface area contributed by atoms with Gasteiger partial charge in [0.1, 0.15) is 23.0 Å². The molecule has 1 aromatic rings. The highest BCUT2D eigenvalue weighted by molar-refractivity contribution is 8.10. The fraction of sp³-hybridized carbons (Fsp3) is 0.286. The zero-order valence-corrected chi connectivity index (χ0v) is 7.00. The minimum absolute atomic E-state index is 0.621. The Labute approximate surface area is 72.0 Å². The Hall–Kier alpha value is -1.10. The molecule has 1 unspecified atom stereocenters. The Morgan fingerprint density at radius 1 is 1.67 bits per heavy atom. The minimum atomic E-state index is -1.01. The zero-order valence-electron chi connectivity index (χ0n) is 6.19. The molecule has 0 N–H and O–H groups in total. The predicted molar refractivity (Wildman–Crippen MR) is 41.6 cm³/mol. The van der Waals surface area contributed by atoms with E-state index in [0.717, 1.165) is 12.0 Å². The van der Waals surface area contributed by atoms with Crippen LogP contribution >= 0.6 is 0 Å². The molecule has 12 heavy (non-hydrogen) atoms. The maximum atomic E-state index is 10.6. The molecule has 0 aliphatic carbocycles. The van der Waals surface area contributed by atoms with Crippen molar-refractivity contribution in [3.05, 3.63) is 18.1 Å². The molecular weight excluding hydrogens is 176 g/mol. The van der Waals surface area contributed by atoms with E-state index in [9.17, 15) is 9.90 Å².